The van der Waals surface area contributed by atoms with Gasteiger partial charge in [0.2, 0.25) is 0 Å². The highest BCUT2D eigenvalue weighted by Gasteiger charge is 2.10. The van der Waals surface area contributed by atoms with Gasteiger partial charge in [-0.25, -0.2) is 4.39 Å². The van der Waals surface area contributed by atoms with Gasteiger partial charge in [0.15, 0.2) is 11.6 Å². The first kappa shape index (κ1) is 15.4. The molecule has 3 nitrogen and oxygen atoms in total. The van der Waals surface area contributed by atoms with Crippen molar-refractivity contribution in [2.24, 2.45) is 5.73 Å². The smallest absolute Gasteiger partial charge is 0.165 e. The van der Waals surface area contributed by atoms with E-state index in [1.807, 2.05) is 39.0 Å². The number of ether oxygens (including phenoxy) is 1. The van der Waals surface area contributed by atoms with Gasteiger partial charge in [0.25, 0.3) is 0 Å². The molecule has 0 fully saturated rings. The van der Waals surface area contributed by atoms with E-state index in [1.54, 1.807) is 6.07 Å². The molecular formula is C17H21FN2O. The van der Waals surface area contributed by atoms with Crippen LogP contribution in [0.2, 0.25) is 0 Å². The summed E-state index contributed by atoms with van der Waals surface area (Å²) in [6.07, 6.45) is 1.38. The Hall–Kier alpha value is -1.94. The minimum absolute atomic E-state index is 0.00385. The Morgan fingerprint density at radius 2 is 1.95 bits per heavy atom. The number of hydrogen-bond acceptors (Lipinski definition) is 3. The SMILES string of the molecule is CCc1nc(C)ccc1Oc1ccc(CC(C)N)cc1F. The molecule has 0 saturated carbocycles. The van der Waals surface area contributed by atoms with Gasteiger partial charge in [-0.3, -0.25) is 4.98 Å². The second-order valence-corrected chi connectivity index (χ2v) is 5.30. The average molecular weight is 288 g/mol. The predicted octanol–water partition coefficient (Wildman–Crippen LogP) is 3.77. The second-order valence-electron chi connectivity index (χ2n) is 5.30. The van der Waals surface area contributed by atoms with Crippen LogP contribution in [0.25, 0.3) is 0 Å². The Balaban J connectivity index is 2.24. The van der Waals surface area contributed by atoms with Crippen molar-refractivity contribution in [3.8, 4) is 11.5 Å². The molecule has 1 heterocycles. The normalized spacial score (nSPS) is 12.2. The maximum atomic E-state index is 14.1. The predicted molar refractivity (Wildman–Crippen MR) is 82.2 cm³/mol. The van der Waals surface area contributed by atoms with Gasteiger partial charge < -0.3 is 10.5 Å². The lowest BCUT2D eigenvalue weighted by atomic mass is 10.1. The maximum Gasteiger partial charge on any atom is 0.165 e. The summed E-state index contributed by atoms with van der Waals surface area (Å²) < 4.78 is 19.8. The summed E-state index contributed by atoms with van der Waals surface area (Å²) in [5.41, 5.74) is 8.35. The van der Waals surface area contributed by atoms with E-state index in [4.69, 9.17) is 10.5 Å². The molecule has 0 aliphatic carbocycles. The molecule has 2 N–H and O–H groups in total. The summed E-state index contributed by atoms with van der Waals surface area (Å²) in [6.45, 7) is 5.82. The molecule has 1 aromatic heterocycles. The highest BCUT2D eigenvalue weighted by molar-refractivity contribution is 5.37. The minimum Gasteiger partial charge on any atom is -0.452 e. The number of hydrogen-bond donors (Lipinski definition) is 1. The van der Waals surface area contributed by atoms with Crippen molar-refractivity contribution >= 4 is 0 Å². The zero-order chi connectivity index (χ0) is 15.4. The van der Waals surface area contributed by atoms with Crippen LogP contribution in [-0.4, -0.2) is 11.0 Å². The number of benzene rings is 1. The van der Waals surface area contributed by atoms with Crippen molar-refractivity contribution in [1.29, 1.82) is 0 Å². The number of nitrogens with zero attached hydrogens (tertiary/aromatic N) is 1. The second kappa shape index (κ2) is 6.68. The van der Waals surface area contributed by atoms with Gasteiger partial charge in [0.05, 0.1) is 5.69 Å². The van der Waals surface area contributed by atoms with Crippen LogP contribution in [-0.2, 0) is 12.8 Å². The summed E-state index contributed by atoms with van der Waals surface area (Å²) in [4.78, 5) is 4.41. The van der Waals surface area contributed by atoms with Crippen molar-refractivity contribution < 1.29 is 9.13 Å². The van der Waals surface area contributed by atoms with E-state index >= 15 is 0 Å². The molecule has 0 amide bonds. The molecule has 0 aliphatic rings. The van der Waals surface area contributed by atoms with E-state index in [0.29, 0.717) is 12.2 Å². The molecule has 4 heteroatoms. The molecule has 1 unspecified atom stereocenters. The van der Waals surface area contributed by atoms with Gasteiger partial charge in [-0.2, -0.15) is 0 Å². The monoisotopic (exact) mass is 288 g/mol. The third-order valence-electron chi connectivity index (χ3n) is 3.18. The lowest BCUT2D eigenvalue weighted by Crippen LogP contribution is -2.17. The number of aromatic nitrogens is 1. The highest BCUT2D eigenvalue weighted by atomic mass is 19.1. The summed E-state index contributed by atoms with van der Waals surface area (Å²) in [5, 5.41) is 0. The molecular weight excluding hydrogens is 267 g/mol. The van der Waals surface area contributed by atoms with Crippen LogP contribution in [0.5, 0.6) is 11.5 Å². The molecule has 2 rings (SSSR count). The molecule has 1 aromatic carbocycles. The first-order valence-electron chi connectivity index (χ1n) is 7.18. The first-order chi connectivity index (χ1) is 9.99. The Labute approximate surface area is 125 Å². The molecule has 112 valence electrons. The molecule has 0 spiro atoms. The van der Waals surface area contributed by atoms with Crippen LogP contribution in [0, 0.1) is 12.7 Å². The minimum atomic E-state index is -0.379. The number of aryl methyl sites for hydroxylation is 2. The number of pyridine rings is 1. The summed E-state index contributed by atoms with van der Waals surface area (Å²) >= 11 is 0. The van der Waals surface area contributed by atoms with Crippen LogP contribution < -0.4 is 10.5 Å². The van der Waals surface area contributed by atoms with Crippen LogP contribution in [0.15, 0.2) is 30.3 Å². The lowest BCUT2D eigenvalue weighted by molar-refractivity contribution is 0.434. The van der Waals surface area contributed by atoms with Gasteiger partial charge in [0.1, 0.15) is 5.75 Å². The molecule has 21 heavy (non-hydrogen) atoms. The topological polar surface area (TPSA) is 48.1 Å². The summed E-state index contributed by atoms with van der Waals surface area (Å²) in [6, 6.07) is 8.66. The molecule has 1 atom stereocenters. The lowest BCUT2D eigenvalue weighted by Gasteiger charge is -2.12. The standard InChI is InChI=1S/C17H21FN2O/c1-4-15-17(7-5-12(3)20-15)21-16-8-6-13(9-11(2)19)10-14(16)18/h5-8,10-11H,4,9,19H2,1-3H3. The third-order valence-corrected chi connectivity index (χ3v) is 3.18. The highest BCUT2D eigenvalue weighted by Crippen LogP contribution is 2.28. The molecule has 0 aliphatic heterocycles. The maximum absolute atomic E-state index is 14.1. The van der Waals surface area contributed by atoms with Crippen molar-refractivity contribution in [3.05, 3.63) is 53.1 Å². The molecule has 0 radical (unpaired) electrons. The van der Waals surface area contributed by atoms with E-state index in [9.17, 15) is 4.39 Å². The van der Waals surface area contributed by atoms with Gasteiger partial charge in [0, 0.05) is 11.7 Å². The van der Waals surface area contributed by atoms with Crippen molar-refractivity contribution in [1.82, 2.24) is 4.98 Å². The van der Waals surface area contributed by atoms with Gasteiger partial charge >= 0.3 is 0 Å². The number of halogens is 1. The van der Waals surface area contributed by atoms with E-state index in [1.165, 1.54) is 6.07 Å². The van der Waals surface area contributed by atoms with E-state index in [2.05, 4.69) is 4.98 Å². The average Bonchev–Trinajstić information content (AvgIpc) is 2.42. The van der Waals surface area contributed by atoms with Crippen LogP contribution in [0.3, 0.4) is 0 Å². The molecule has 0 bridgehead atoms. The van der Waals surface area contributed by atoms with Crippen molar-refractivity contribution in [2.75, 3.05) is 0 Å². The van der Waals surface area contributed by atoms with E-state index in [-0.39, 0.29) is 17.6 Å². The van der Waals surface area contributed by atoms with Gasteiger partial charge in [-0.15, -0.1) is 0 Å². The zero-order valence-electron chi connectivity index (χ0n) is 12.7. The van der Waals surface area contributed by atoms with E-state index < -0.39 is 0 Å². The van der Waals surface area contributed by atoms with Crippen LogP contribution in [0.1, 0.15) is 30.8 Å². The Bertz CT molecular complexity index is 626. The Morgan fingerprint density at radius 3 is 2.57 bits per heavy atom. The van der Waals surface area contributed by atoms with Gasteiger partial charge in [-0.05, 0) is 56.5 Å². The largest absolute Gasteiger partial charge is 0.452 e. The first-order valence-corrected chi connectivity index (χ1v) is 7.18. The molecule has 2 aromatic rings. The Kier molecular flexibility index (Phi) is 4.91. The molecule has 0 saturated heterocycles. The fraction of sp³-hybridized carbons (Fsp3) is 0.353. The quantitative estimate of drug-likeness (QED) is 0.911. The fourth-order valence-electron chi connectivity index (χ4n) is 2.19. The summed E-state index contributed by atoms with van der Waals surface area (Å²) in [7, 11) is 0. The fourth-order valence-corrected chi connectivity index (χ4v) is 2.19. The number of nitrogens with two attached hydrogens (primary N) is 1. The van der Waals surface area contributed by atoms with Crippen molar-refractivity contribution in [2.45, 2.75) is 39.7 Å². The Morgan fingerprint density at radius 1 is 1.24 bits per heavy atom. The van der Waals surface area contributed by atoms with E-state index in [0.717, 1.165) is 23.4 Å². The van der Waals surface area contributed by atoms with Crippen LogP contribution in [0.4, 0.5) is 4.39 Å². The zero-order valence-corrected chi connectivity index (χ0v) is 12.7. The van der Waals surface area contributed by atoms with Crippen LogP contribution >= 0.6 is 0 Å². The third kappa shape index (κ3) is 4.02. The number of rotatable bonds is 5. The van der Waals surface area contributed by atoms with Gasteiger partial charge in [-0.1, -0.05) is 13.0 Å². The van der Waals surface area contributed by atoms with Crippen molar-refractivity contribution in [3.63, 3.8) is 0 Å². The summed E-state index contributed by atoms with van der Waals surface area (Å²) in [5.74, 6) is 0.432.